The van der Waals surface area contributed by atoms with Gasteiger partial charge in [-0.1, -0.05) is 31.2 Å². The Morgan fingerprint density at radius 3 is 2.55 bits per heavy atom. The number of Topliss-reactive ketones (excluding diaryl/α,β-unsaturated/α-hetero) is 1. The molecular weight excluding hydrogens is 370 g/mol. The van der Waals surface area contributed by atoms with Gasteiger partial charge in [0.1, 0.15) is 5.75 Å². The number of rotatable bonds is 8. The largest absolute Gasteiger partial charge is 0.482 e. The Kier molecular flexibility index (Phi) is 7.00. The maximum absolute atomic E-state index is 12.2. The fraction of sp³-hybridized carbons (Fsp3) is 0.348. The summed E-state index contributed by atoms with van der Waals surface area (Å²) in [6, 6.07) is 14.6. The first-order valence-electron chi connectivity index (χ1n) is 9.85. The van der Waals surface area contributed by atoms with Crippen LogP contribution in [-0.4, -0.2) is 30.9 Å². The van der Waals surface area contributed by atoms with E-state index in [0.717, 1.165) is 24.8 Å². The number of benzene rings is 2. The zero-order valence-electron chi connectivity index (χ0n) is 16.5. The smallest absolute Gasteiger partial charge is 0.344 e. The number of ether oxygens (including phenoxy) is 2. The van der Waals surface area contributed by atoms with Crippen LogP contribution in [0.15, 0.2) is 48.5 Å². The zero-order valence-corrected chi connectivity index (χ0v) is 16.5. The number of carbonyl (C=O) groups is 3. The van der Waals surface area contributed by atoms with Crippen molar-refractivity contribution in [2.75, 3.05) is 13.2 Å². The molecule has 2 aromatic rings. The molecule has 0 fully saturated rings. The first-order chi connectivity index (χ1) is 14.1. The van der Waals surface area contributed by atoms with Crippen LogP contribution in [0.5, 0.6) is 5.75 Å². The van der Waals surface area contributed by atoms with E-state index in [9.17, 15) is 14.4 Å². The van der Waals surface area contributed by atoms with Gasteiger partial charge >= 0.3 is 5.97 Å². The topological polar surface area (TPSA) is 81.7 Å². The van der Waals surface area contributed by atoms with Gasteiger partial charge < -0.3 is 14.8 Å². The van der Waals surface area contributed by atoms with Crippen molar-refractivity contribution in [1.29, 1.82) is 0 Å². The Hall–Kier alpha value is -3.15. The number of ketones is 1. The summed E-state index contributed by atoms with van der Waals surface area (Å²) in [5.74, 6) is -0.458. The van der Waals surface area contributed by atoms with Crippen molar-refractivity contribution in [2.45, 2.75) is 38.6 Å². The van der Waals surface area contributed by atoms with Gasteiger partial charge in [0.2, 0.25) is 0 Å². The van der Waals surface area contributed by atoms with Gasteiger partial charge in [0.15, 0.2) is 19.0 Å². The Balaban J connectivity index is 1.41. The summed E-state index contributed by atoms with van der Waals surface area (Å²) in [4.78, 5) is 35.6. The van der Waals surface area contributed by atoms with Crippen LogP contribution >= 0.6 is 0 Å². The van der Waals surface area contributed by atoms with Gasteiger partial charge in [-0.05, 0) is 54.7 Å². The minimum absolute atomic E-state index is 0.0440. The van der Waals surface area contributed by atoms with Crippen LogP contribution in [-0.2, 0) is 20.7 Å². The lowest BCUT2D eigenvalue weighted by atomic mass is 9.88. The second-order valence-electron chi connectivity index (χ2n) is 6.96. The lowest BCUT2D eigenvalue weighted by Gasteiger charge is -2.26. The van der Waals surface area contributed by atoms with Crippen molar-refractivity contribution in [1.82, 2.24) is 5.32 Å². The fourth-order valence-electron chi connectivity index (χ4n) is 3.41. The summed E-state index contributed by atoms with van der Waals surface area (Å²) in [5.41, 5.74) is 2.98. The van der Waals surface area contributed by atoms with Gasteiger partial charge in [0, 0.05) is 12.0 Å². The van der Waals surface area contributed by atoms with Crippen molar-refractivity contribution in [2.24, 2.45) is 0 Å². The Bertz CT molecular complexity index is 875. The monoisotopic (exact) mass is 395 g/mol. The third-order valence-electron chi connectivity index (χ3n) is 4.92. The normalized spacial score (nSPS) is 15.1. The third kappa shape index (κ3) is 5.67. The maximum Gasteiger partial charge on any atom is 0.344 e. The van der Waals surface area contributed by atoms with Crippen LogP contribution in [0.25, 0.3) is 0 Å². The van der Waals surface area contributed by atoms with Crippen LogP contribution < -0.4 is 10.1 Å². The van der Waals surface area contributed by atoms with E-state index in [0.29, 0.717) is 17.7 Å². The molecule has 0 radical (unpaired) electrons. The van der Waals surface area contributed by atoms with Gasteiger partial charge in [0.05, 0.1) is 6.04 Å². The molecule has 0 saturated carbocycles. The lowest BCUT2D eigenvalue weighted by Crippen LogP contribution is -2.34. The minimum atomic E-state index is -0.627. The van der Waals surface area contributed by atoms with Gasteiger partial charge in [-0.2, -0.15) is 0 Å². The Morgan fingerprint density at radius 1 is 1.03 bits per heavy atom. The van der Waals surface area contributed by atoms with Crippen LogP contribution in [0.3, 0.4) is 0 Å². The predicted octanol–water partition coefficient (Wildman–Crippen LogP) is 3.40. The molecule has 1 amide bonds. The first-order valence-corrected chi connectivity index (χ1v) is 9.85. The molecule has 29 heavy (non-hydrogen) atoms. The molecule has 0 bridgehead atoms. The highest BCUT2D eigenvalue weighted by Crippen LogP contribution is 2.29. The molecule has 152 valence electrons. The highest BCUT2D eigenvalue weighted by molar-refractivity contribution is 5.95. The van der Waals surface area contributed by atoms with Gasteiger partial charge in [0.25, 0.3) is 5.91 Å². The van der Waals surface area contributed by atoms with Gasteiger partial charge in [-0.3, -0.25) is 9.59 Å². The Labute approximate surface area is 170 Å². The summed E-state index contributed by atoms with van der Waals surface area (Å²) in [6.07, 6.45) is 3.33. The van der Waals surface area contributed by atoms with E-state index in [2.05, 4.69) is 11.4 Å². The van der Waals surface area contributed by atoms with Crippen LogP contribution in [0.2, 0.25) is 0 Å². The molecule has 1 aliphatic rings. The number of esters is 1. The molecule has 3 rings (SSSR count). The summed E-state index contributed by atoms with van der Waals surface area (Å²) >= 11 is 0. The molecule has 2 aromatic carbocycles. The summed E-state index contributed by atoms with van der Waals surface area (Å²) in [5, 5.41) is 2.94. The zero-order chi connectivity index (χ0) is 20.6. The van der Waals surface area contributed by atoms with Crippen molar-refractivity contribution in [3.63, 3.8) is 0 Å². The average Bonchev–Trinajstić information content (AvgIpc) is 2.76. The number of aryl methyl sites for hydroxylation is 1. The number of carbonyl (C=O) groups excluding carboxylic acids is 3. The molecule has 0 aliphatic heterocycles. The van der Waals surface area contributed by atoms with Crippen molar-refractivity contribution in [3.8, 4) is 5.75 Å². The van der Waals surface area contributed by atoms with Crippen LogP contribution in [0.4, 0.5) is 0 Å². The van der Waals surface area contributed by atoms with Gasteiger partial charge in [-0.15, -0.1) is 0 Å². The SMILES string of the molecule is CCC(=O)c1ccc(OCC(=O)OCC(=O)N[C@H]2CCCc3ccccc32)cc1. The maximum atomic E-state index is 12.2. The second kappa shape index (κ2) is 9.87. The van der Waals surface area contributed by atoms with E-state index in [-0.39, 0.29) is 30.9 Å². The lowest BCUT2D eigenvalue weighted by molar-refractivity contribution is -0.150. The number of amides is 1. The minimum Gasteiger partial charge on any atom is -0.482 e. The van der Waals surface area contributed by atoms with Crippen LogP contribution in [0, 0.1) is 0 Å². The van der Waals surface area contributed by atoms with Crippen LogP contribution in [0.1, 0.15) is 53.7 Å². The highest BCUT2D eigenvalue weighted by Gasteiger charge is 2.21. The molecule has 6 heteroatoms. The van der Waals surface area contributed by atoms with Crippen molar-refractivity contribution >= 4 is 17.7 Å². The first kappa shape index (κ1) is 20.6. The molecule has 0 saturated heterocycles. The Morgan fingerprint density at radius 2 is 1.79 bits per heavy atom. The van der Waals surface area contributed by atoms with E-state index in [1.54, 1.807) is 31.2 Å². The van der Waals surface area contributed by atoms with E-state index in [1.807, 2.05) is 18.2 Å². The standard InChI is InChI=1S/C23H25NO5/c1-2-21(25)17-10-12-18(13-11-17)28-15-23(27)29-14-22(26)24-20-9-5-7-16-6-3-4-8-19(16)20/h3-4,6,8,10-13,20H,2,5,7,9,14-15H2,1H3,(H,24,26)/t20-/m0/s1. The summed E-state index contributed by atoms with van der Waals surface area (Å²) in [6.45, 7) is 1.15. The fourth-order valence-corrected chi connectivity index (χ4v) is 3.41. The molecular formula is C23H25NO5. The van der Waals surface area contributed by atoms with Crippen molar-refractivity contribution < 1.29 is 23.9 Å². The number of hydrogen-bond donors (Lipinski definition) is 1. The molecule has 1 N–H and O–H groups in total. The predicted molar refractivity (Wildman–Crippen MR) is 108 cm³/mol. The number of nitrogens with one attached hydrogen (secondary N) is 1. The average molecular weight is 395 g/mol. The molecule has 0 spiro atoms. The number of fused-ring (bicyclic) bond motifs is 1. The molecule has 6 nitrogen and oxygen atoms in total. The molecule has 1 atom stereocenters. The summed E-state index contributed by atoms with van der Waals surface area (Å²) in [7, 11) is 0. The van der Waals surface area contributed by atoms with E-state index in [4.69, 9.17) is 9.47 Å². The van der Waals surface area contributed by atoms with E-state index < -0.39 is 5.97 Å². The third-order valence-corrected chi connectivity index (χ3v) is 4.92. The number of hydrogen-bond acceptors (Lipinski definition) is 5. The highest BCUT2D eigenvalue weighted by atomic mass is 16.6. The van der Waals surface area contributed by atoms with Gasteiger partial charge in [-0.25, -0.2) is 4.79 Å². The molecule has 0 unspecified atom stereocenters. The van der Waals surface area contributed by atoms with Crippen molar-refractivity contribution in [3.05, 3.63) is 65.2 Å². The van der Waals surface area contributed by atoms with E-state index >= 15 is 0 Å². The second-order valence-corrected chi connectivity index (χ2v) is 6.96. The molecule has 1 aliphatic carbocycles. The molecule has 0 aromatic heterocycles. The van der Waals surface area contributed by atoms with E-state index in [1.165, 1.54) is 5.56 Å². The molecule has 0 heterocycles. The summed E-state index contributed by atoms with van der Waals surface area (Å²) < 4.78 is 10.4. The quantitative estimate of drug-likeness (QED) is 0.547.